The molecule has 1 atom stereocenters. The lowest BCUT2D eigenvalue weighted by molar-refractivity contribution is 0.0642. The summed E-state index contributed by atoms with van der Waals surface area (Å²) in [5.41, 5.74) is 0.863. The molecule has 1 aliphatic rings. The van der Waals surface area contributed by atoms with E-state index in [1.165, 1.54) is 0 Å². The molecule has 0 fully saturated rings. The van der Waals surface area contributed by atoms with Gasteiger partial charge in [-0.15, -0.1) is 0 Å². The number of methoxy groups -OCH3 is 2. The van der Waals surface area contributed by atoms with Gasteiger partial charge in [-0.3, -0.25) is 0 Å². The van der Waals surface area contributed by atoms with Gasteiger partial charge in [0.2, 0.25) is 0 Å². The molecule has 0 amide bonds. The summed E-state index contributed by atoms with van der Waals surface area (Å²) in [6, 6.07) is 4.07. The van der Waals surface area contributed by atoms with Gasteiger partial charge in [0, 0.05) is 37.7 Å². The second-order valence-electron chi connectivity index (χ2n) is 6.62. The van der Waals surface area contributed by atoms with Gasteiger partial charge in [0.25, 0.3) is 0 Å². The minimum atomic E-state index is -0.222. The molecule has 0 aromatic heterocycles. The van der Waals surface area contributed by atoms with Crippen molar-refractivity contribution in [3.63, 3.8) is 0 Å². The van der Waals surface area contributed by atoms with Crippen LogP contribution in [0.3, 0.4) is 0 Å². The summed E-state index contributed by atoms with van der Waals surface area (Å²) < 4.78 is 17.1. The monoisotopic (exact) mass is 308 g/mol. The van der Waals surface area contributed by atoms with Crippen LogP contribution in [0.5, 0.6) is 17.2 Å². The standard InChI is InChI=1S/C17H28N2O3/c1-17(2)11-13(18-7-8-19(3)4)16-14(21-6)9-12(20-5)10-15(16)22-17/h9-10,13,18H,7-8,11H2,1-6H3. The largest absolute Gasteiger partial charge is 0.496 e. The third-order valence-corrected chi connectivity index (χ3v) is 3.91. The first-order chi connectivity index (χ1) is 10.4. The minimum absolute atomic E-state index is 0.208. The van der Waals surface area contributed by atoms with Crippen LogP contribution in [0.2, 0.25) is 0 Å². The van der Waals surface area contributed by atoms with Crippen LogP contribution in [0.4, 0.5) is 0 Å². The molecule has 2 rings (SSSR count). The Morgan fingerprint density at radius 2 is 2.00 bits per heavy atom. The third kappa shape index (κ3) is 3.84. The highest BCUT2D eigenvalue weighted by atomic mass is 16.5. The molecule has 0 saturated heterocycles. The molecule has 0 spiro atoms. The molecule has 5 nitrogen and oxygen atoms in total. The van der Waals surface area contributed by atoms with Crippen LogP contribution < -0.4 is 19.5 Å². The molecule has 5 heteroatoms. The molecule has 1 heterocycles. The molecule has 1 aromatic carbocycles. The van der Waals surface area contributed by atoms with Crippen LogP contribution in [0.25, 0.3) is 0 Å². The second-order valence-corrected chi connectivity index (χ2v) is 6.62. The first kappa shape index (κ1) is 16.9. The number of nitrogens with one attached hydrogen (secondary N) is 1. The summed E-state index contributed by atoms with van der Waals surface area (Å²) in [6.07, 6.45) is 0.899. The highest BCUT2D eigenvalue weighted by Gasteiger charge is 2.36. The van der Waals surface area contributed by atoms with Gasteiger partial charge in [0.1, 0.15) is 22.8 Å². The zero-order chi connectivity index (χ0) is 16.3. The summed E-state index contributed by atoms with van der Waals surface area (Å²) in [5.74, 6) is 2.40. The van der Waals surface area contributed by atoms with E-state index < -0.39 is 0 Å². The Bertz CT molecular complexity index is 515. The Morgan fingerprint density at radius 3 is 2.59 bits per heavy atom. The number of hydrogen-bond acceptors (Lipinski definition) is 5. The zero-order valence-electron chi connectivity index (χ0n) is 14.5. The maximum Gasteiger partial charge on any atom is 0.132 e. The summed E-state index contributed by atoms with van der Waals surface area (Å²) in [6.45, 7) is 6.14. The molecule has 0 saturated carbocycles. The van der Waals surface area contributed by atoms with Crippen molar-refractivity contribution in [2.45, 2.75) is 31.9 Å². The van der Waals surface area contributed by atoms with E-state index in [2.05, 4.69) is 38.2 Å². The summed E-state index contributed by atoms with van der Waals surface area (Å²) in [4.78, 5) is 2.17. The average Bonchev–Trinajstić information content (AvgIpc) is 2.43. The predicted molar refractivity (Wildman–Crippen MR) is 88.2 cm³/mol. The molecule has 1 aromatic rings. The topological polar surface area (TPSA) is 43.0 Å². The number of rotatable bonds is 6. The van der Waals surface area contributed by atoms with E-state index in [9.17, 15) is 0 Å². The van der Waals surface area contributed by atoms with Gasteiger partial charge >= 0.3 is 0 Å². The van der Waals surface area contributed by atoms with E-state index in [0.717, 1.165) is 42.3 Å². The van der Waals surface area contributed by atoms with Crippen LogP contribution in [-0.4, -0.2) is 51.9 Å². The van der Waals surface area contributed by atoms with Crippen molar-refractivity contribution >= 4 is 0 Å². The lowest BCUT2D eigenvalue weighted by Crippen LogP contribution is -2.41. The number of benzene rings is 1. The predicted octanol–water partition coefficient (Wildman–Crippen LogP) is 2.46. The highest BCUT2D eigenvalue weighted by Crippen LogP contribution is 2.46. The first-order valence-electron chi connectivity index (χ1n) is 7.69. The Hall–Kier alpha value is -1.46. The Morgan fingerprint density at radius 1 is 1.27 bits per heavy atom. The summed E-state index contributed by atoms with van der Waals surface area (Å²) in [5, 5.41) is 3.63. The zero-order valence-corrected chi connectivity index (χ0v) is 14.5. The van der Waals surface area contributed by atoms with Crippen LogP contribution >= 0.6 is 0 Å². The Labute approximate surface area is 133 Å². The van der Waals surface area contributed by atoms with Crippen molar-refractivity contribution in [3.05, 3.63) is 17.7 Å². The van der Waals surface area contributed by atoms with Crippen LogP contribution in [0.1, 0.15) is 31.9 Å². The van der Waals surface area contributed by atoms with Gasteiger partial charge in [0.15, 0.2) is 0 Å². The van der Waals surface area contributed by atoms with E-state index in [1.807, 2.05) is 12.1 Å². The molecule has 1 aliphatic heterocycles. The van der Waals surface area contributed by atoms with Gasteiger partial charge in [-0.05, 0) is 27.9 Å². The number of likely N-dealkylation sites (N-methyl/N-ethyl adjacent to an activating group) is 1. The molecule has 0 radical (unpaired) electrons. The summed E-state index contributed by atoms with van der Waals surface area (Å²) in [7, 11) is 7.50. The quantitative estimate of drug-likeness (QED) is 0.874. The molecule has 0 aliphatic carbocycles. The maximum absolute atomic E-state index is 6.15. The van der Waals surface area contributed by atoms with Gasteiger partial charge < -0.3 is 24.4 Å². The van der Waals surface area contributed by atoms with Crippen molar-refractivity contribution in [1.82, 2.24) is 10.2 Å². The molecule has 1 unspecified atom stereocenters. The number of fused-ring (bicyclic) bond motifs is 1. The van der Waals surface area contributed by atoms with Crippen molar-refractivity contribution < 1.29 is 14.2 Å². The van der Waals surface area contributed by atoms with Crippen molar-refractivity contribution in [2.24, 2.45) is 0 Å². The maximum atomic E-state index is 6.15. The van der Waals surface area contributed by atoms with E-state index >= 15 is 0 Å². The summed E-state index contributed by atoms with van der Waals surface area (Å²) >= 11 is 0. The fraction of sp³-hybridized carbons (Fsp3) is 0.647. The second kappa shape index (κ2) is 6.75. The number of nitrogens with zero attached hydrogens (tertiary/aromatic N) is 1. The van der Waals surface area contributed by atoms with Crippen molar-refractivity contribution in [1.29, 1.82) is 0 Å². The smallest absolute Gasteiger partial charge is 0.132 e. The SMILES string of the molecule is COc1cc(OC)c2c(c1)OC(C)(C)CC2NCCN(C)C. The number of hydrogen-bond donors (Lipinski definition) is 1. The molecule has 0 bridgehead atoms. The molecular weight excluding hydrogens is 280 g/mol. The Balaban J connectivity index is 2.33. The fourth-order valence-electron chi connectivity index (χ4n) is 2.86. The first-order valence-corrected chi connectivity index (χ1v) is 7.69. The van der Waals surface area contributed by atoms with E-state index in [4.69, 9.17) is 14.2 Å². The number of ether oxygens (including phenoxy) is 3. The van der Waals surface area contributed by atoms with E-state index in [0.29, 0.717) is 0 Å². The van der Waals surface area contributed by atoms with Crippen LogP contribution in [-0.2, 0) is 0 Å². The average molecular weight is 308 g/mol. The van der Waals surface area contributed by atoms with Gasteiger partial charge in [-0.25, -0.2) is 0 Å². The normalized spacial score (nSPS) is 19.5. The highest BCUT2D eigenvalue weighted by molar-refractivity contribution is 5.53. The minimum Gasteiger partial charge on any atom is -0.496 e. The van der Waals surface area contributed by atoms with Gasteiger partial charge in [-0.2, -0.15) is 0 Å². The van der Waals surface area contributed by atoms with Crippen LogP contribution in [0.15, 0.2) is 12.1 Å². The molecular formula is C17H28N2O3. The molecule has 22 heavy (non-hydrogen) atoms. The molecule has 1 N–H and O–H groups in total. The van der Waals surface area contributed by atoms with Gasteiger partial charge in [0.05, 0.1) is 19.8 Å². The van der Waals surface area contributed by atoms with Crippen LogP contribution in [0, 0.1) is 0 Å². The van der Waals surface area contributed by atoms with Crippen molar-refractivity contribution in [3.8, 4) is 17.2 Å². The Kier molecular flexibility index (Phi) is 5.19. The lowest BCUT2D eigenvalue weighted by atomic mass is 9.89. The van der Waals surface area contributed by atoms with E-state index in [1.54, 1.807) is 14.2 Å². The van der Waals surface area contributed by atoms with Gasteiger partial charge in [-0.1, -0.05) is 0 Å². The van der Waals surface area contributed by atoms with E-state index in [-0.39, 0.29) is 11.6 Å². The fourth-order valence-corrected chi connectivity index (χ4v) is 2.86. The third-order valence-electron chi connectivity index (χ3n) is 3.91. The lowest BCUT2D eigenvalue weighted by Gasteiger charge is -2.39. The van der Waals surface area contributed by atoms with Crippen molar-refractivity contribution in [2.75, 3.05) is 41.4 Å². The molecule has 124 valence electrons.